The van der Waals surface area contributed by atoms with Crippen molar-refractivity contribution in [3.63, 3.8) is 0 Å². The zero-order valence-corrected chi connectivity index (χ0v) is 13.6. The van der Waals surface area contributed by atoms with Gasteiger partial charge >= 0.3 is 0 Å². The van der Waals surface area contributed by atoms with E-state index >= 15 is 0 Å². The average Bonchev–Trinajstić information content (AvgIpc) is 2.90. The van der Waals surface area contributed by atoms with E-state index in [9.17, 15) is 4.79 Å². The molecule has 1 aromatic heterocycles. The summed E-state index contributed by atoms with van der Waals surface area (Å²) in [6.07, 6.45) is 4.64. The minimum absolute atomic E-state index is 0.0222. The van der Waals surface area contributed by atoms with E-state index in [2.05, 4.69) is 36.4 Å². The van der Waals surface area contributed by atoms with Gasteiger partial charge in [-0.1, -0.05) is 33.6 Å². The van der Waals surface area contributed by atoms with Gasteiger partial charge in [0.05, 0.1) is 0 Å². The van der Waals surface area contributed by atoms with Crippen molar-refractivity contribution in [2.75, 3.05) is 11.9 Å². The quantitative estimate of drug-likeness (QED) is 0.892. The number of hydrogen-bond donors (Lipinski definition) is 2. The molecule has 0 bridgehead atoms. The van der Waals surface area contributed by atoms with Gasteiger partial charge in [0.15, 0.2) is 0 Å². The fraction of sp³-hybridized carbons (Fsp3) is 0.647. The van der Waals surface area contributed by atoms with Crippen LogP contribution in [0, 0.1) is 0 Å². The first-order valence-electron chi connectivity index (χ1n) is 7.97. The molecule has 116 valence electrons. The Kier molecular flexibility index (Phi) is 4.86. The van der Waals surface area contributed by atoms with Crippen molar-refractivity contribution in [1.29, 1.82) is 0 Å². The number of nitrogens with zero attached hydrogens (tertiary/aromatic N) is 1. The molecule has 4 nitrogen and oxygen atoms in total. The topological polar surface area (TPSA) is 54.0 Å². The van der Waals surface area contributed by atoms with Gasteiger partial charge in [0.1, 0.15) is 5.82 Å². The molecule has 1 saturated carbocycles. The second kappa shape index (κ2) is 6.46. The largest absolute Gasteiger partial charge is 0.370 e. The maximum Gasteiger partial charge on any atom is 0.251 e. The van der Waals surface area contributed by atoms with Crippen molar-refractivity contribution in [1.82, 2.24) is 10.3 Å². The highest BCUT2D eigenvalue weighted by atomic mass is 16.1. The number of carbonyl (C=O) groups is 1. The summed E-state index contributed by atoms with van der Waals surface area (Å²) in [6.45, 7) is 9.17. The van der Waals surface area contributed by atoms with Crippen LogP contribution >= 0.6 is 0 Å². The third-order valence-corrected chi connectivity index (χ3v) is 3.90. The van der Waals surface area contributed by atoms with Crippen LogP contribution in [-0.2, 0) is 5.41 Å². The maximum atomic E-state index is 12.5. The predicted molar refractivity (Wildman–Crippen MR) is 86.8 cm³/mol. The van der Waals surface area contributed by atoms with Gasteiger partial charge < -0.3 is 10.6 Å². The van der Waals surface area contributed by atoms with Crippen LogP contribution in [0.2, 0.25) is 0 Å². The van der Waals surface area contributed by atoms with Crippen molar-refractivity contribution >= 4 is 11.7 Å². The lowest BCUT2D eigenvalue weighted by Gasteiger charge is -2.20. The number of hydrogen-bond acceptors (Lipinski definition) is 3. The molecule has 21 heavy (non-hydrogen) atoms. The summed E-state index contributed by atoms with van der Waals surface area (Å²) in [5, 5.41) is 6.37. The second-order valence-electron chi connectivity index (χ2n) is 6.86. The average molecular weight is 289 g/mol. The fourth-order valence-corrected chi connectivity index (χ4v) is 2.66. The van der Waals surface area contributed by atoms with Gasteiger partial charge in [-0.3, -0.25) is 4.79 Å². The minimum Gasteiger partial charge on any atom is -0.370 e. The molecule has 0 unspecified atom stereocenters. The molecule has 1 aliphatic carbocycles. The molecule has 0 aliphatic heterocycles. The molecule has 1 aromatic rings. The zero-order valence-electron chi connectivity index (χ0n) is 13.6. The van der Waals surface area contributed by atoms with Crippen LogP contribution in [0.25, 0.3) is 0 Å². The Labute approximate surface area is 127 Å². The standard InChI is InChI=1S/C17H27N3O/c1-5-18-15-11-12(10-14(20-15)17(2,3)4)16(21)19-13-8-6-7-9-13/h10-11,13H,5-9H2,1-4H3,(H,18,20)(H,19,21). The van der Waals surface area contributed by atoms with Gasteiger partial charge in [0.25, 0.3) is 5.91 Å². The molecular formula is C17H27N3O. The third kappa shape index (κ3) is 4.19. The zero-order chi connectivity index (χ0) is 15.5. The fourth-order valence-electron chi connectivity index (χ4n) is 2.66. The van der Waals surface area contributed by atoms with Crippen LogP contribution in [0.5, 0.6) is 0 Å². The molecule has 0 spiro atoms. The molecule has 0 saturated heterocycles. The minimum atomic E-state index is -0.0756. The highest BCUT2D eigenvalue weighted by Crippen LogP contribution is 2.24. The van der Waals surface area contributed by atoms with Crippen LogP contribution in [0.1, 0.15) is 69.4 Å². The van der Waals surface area contributed by atoms with E-state index in [1.165, 1.54) is 12.8 Å². The number of nitrogens with one attached hydrogen (secondary N) is 2. The summed E-state index contributed by atoms with van der Waals surface area (Å²) in [4.78, 5) is 17.1. The number of carbonyl (C=O) groups excluding carboxylic acids is 1. The van der Waals surface area contributed by atoms with Gasteiger partial charge in [-0.15, -0.1) is 0 Å². The summed E-state index contributed by atoms with van der Waals surface area (Å²) >= 11 is 0. The third-order valence-electron chi connectivity index (χ3n) is 3.90. The van der Waals surface area contributed by atoms with Crippen molar-refractivity contribution < 1.29 is 4.79 Å². The van der Waals surface area contributed by atoms with E-state index in [1.54, 1.807) is 0 Å². The highest BCUT2D eigenvalue weighted by Gasteiger charge is 2.21. The first kappa shape index (κ1) is 15.8. The maximum absolute atomic E-state index is 12.5. The van der Waals surface area contributed by atoms with Gasteiger partial charge in [-0.05, 0) is 31.9 Å². The van der Waals surface area contributed by atoms with E-state index in [1.807, 2.05) is 19.1 Å². The molecule has 1 aliphatic rings. The number of amides is 1. The summed E-state index contributed by atoms with van der Waals surface area (Å²) in [6, 6.07) is 4.11. The van der Waals surface area contributed by atoms with Gasteiger partial charge in [-0.2, -0.15) is 0 Å². The Morgan fingerprint density at radius 1 is 1.29 bits per heavy atom. The SMILES string of the molecule is CCNc1cc(C(=O)NC2CCCC2)cc(C(C)(C)C)n1. The van der Waals surface area contributed by atoms with Crippen LogP contribution < -0.4 is 10.6 Å². The summed E-state index contributed by atoms with van der Waals surface area (Å²) in [5.41, 5.74) is 1.57. The smallest absolute Gasteiger partial charge is 0.251 e. The summed E-state index contributed by atoms with van der Waals surface area (Å²) in [7, 11) is 0. The van der Waals surface area contributed by atoms with Gasteiger partial charge in [0, 0.05) is 29.3 Å². The number of anilines is 1. The van der Waals surface area contributed by atoms with E-state index in [0.717, 1.165) is 30.9 Å². The highest BCUT2D eigenvalue weighted by molar-refractivity contribution is 5.95. The molecular weight excluding hydrogens is 262 g/mol. The van der Waals surface area contributed by atoms with Gasteiger partial charge in [0.2, 0.25) is 0 Å². The van der Waals surface area contributed by atoms with Crippen LogP contribution in [0.15, 0.2) is 12.1 Å². The summed E-state index contributed by atoms with van der Waals surface area (Å²) in [5.74, 6) is 0.801. The first-order chi connectivity index (χ1) is 9.90. The summed E-state index contributed by atoms with van der Waals surface area (Å²) < 4.78 is 0. The van der Waals surface area contributed by atoms with Crippen molar-refractivity contribution in [2.24, 2.45) is 0 Å². The second-order valence-corrected chi connectivity index (χ2v) is 6.86. The predicted octanol–water partition coefficient (Wildman–Crippen LogP) is 3.48. The molecule has 2 rings (SSSR count). The van der Waals surface area contributed by atoms with Crippen LogP contribution in [0.3, 0.4) is 0 Å². The molecule has 1 fully saturated rings. The Balaban J connectivity index is 2.23. The number of pyridine rings is 1. The molecule has 0 atom stereocenters. The van der Waals surface area contributed by atoms with E-state index in [4.69, 9.17) is 0 Å². The first-order valence-corrected chi connectivity index (χ1v) is 7.97. The van der Waals surface area contributed by atoms with Crippen LogP contribution in [-0.4, -0.2) is 23.5 Å². The van der Waals surface area contributed by atoms with Crippen molar-refractivity contribution in [3.8, 4) is 0 Å². The number of aromatic nitrogens is 1. The Bertz CT molecular complexity index is 499. The molecule has 1 amide bonds. The Morgan fingerprint density at radius 2 is 1.95 bits per heavy atom. The lowest BCUT2D eigenvalue weighted by molar-refractivity contribution is 0.0937. The lowest BCUT2D eigenvalue weighted by Crippen LogP contribution is -2.33. The monoisotopic (exact) mass is 289 g/mol. The van der Waals surface area contributed by atoms with Crippen LogP contribution in [0.4, 0.5) is 5.82 Å². The lowest BCUT2D eigenvalue weighted by atomic mass is 9.90. The van der Waals surface area contributed by atoms with E-state index in [-0.39, 0.29) is 11.3 Å². The molecule has 0 radical (unpaired) electrons. The Hall–Kier alpha value is -1.58. The molecule has 4 heteroatoms. The Morgan fingerprint density at radius 3 is 2.52 bits per heavy atom. The van der Waals surface area contributed by atoms with E-state index in [0.29, 0.717) is 11.6 Å². The van der Waals surface area contributed by atoms with E-state index < -0.39 is 0 Å². The van der Waals surface area contributed by atoms with Gasteiger partial charge in [-0.25, -0.2) is 4.98 Å². The normalized spacial score (nSPS) is 16.0. The number of rotatable bonds is 4. The van der Waals surface area contributed by atoms with Crippen molar-refractivity contribution in [2.45, 2.75) is 64.8 Å². The molecule has 2 N–H and O–H groups in total. The molecule has 0 aromatic carbocycles. The molecule has 1 heterocycles. The van der Waals surface area contributed by atoms with Crippen molar-refractivity contribution in [3.05, 3.63) is 23.4 Å².